The van der Waals surface area contributed by atoms with Crippen molar-refractivity contribution in [3.05, 3.63) is 70.4 Å². The molecule has 174 valence electrons. The van der Waals surface area contributed by atoms with Crippen molar-refractivity contribution in [1.29, 1.82) is 0 Å². The summed E-state index contributed by atoms with van der Waals surface area (Å²) in [6.45, 7) is -0.480. The quantitative estimate of drug-likeness (QED) is 0.347. The Balaban J connectivity index is 1.71. The predicted molar refractivity (Wildman–Crippen MR) is 110 cm³/mol. The molecule has 0 spiro atoms. The summed E-state index contributed by atoms with van der Waals surface area (Å²) in [6, 6.07) is 5.56. The number of aliphatic hydroxyl groups excluding tert-OH is 2. The van der Waals surface area contributed by atoms with Crippen LogP contribution in [-0.4, -0.2) is 47.3 Å². The van der Waals surface area contributed by atoms with Gasteiger partial charge in [0.1, 0.15) is 23.5 Å². The molecule has 12 heteroatoms. The van der Waals surface area contributed by atoms with Crippen molar-refractivity contribution < 1.29 is 37.2 Å². The van der Waals surface area contributed by atoms with Gasteiger partial charge in [0, 0.05) is 23.2 Å². The summed E-state index contributed by atoms with van der Waals surface area (Å²) in [6.07, 6.45) is -1.98. The zero-order valence-corrected chi connectivity index (χ0v) is 17.8. The van der Waals surface area contributed by atoms with Gasteiger partial charge in [-0.05, 0) is 30.3 Å². The van der Waals surface area contributed by atoms with E-state index in [2.05, 4.69) is 5.32 Å². The molecule has 4 atom stereocenters. The Morgan fingerprint density at radius 3 is 2.41 bits per heavy atom. The lowest BCUT2D eigenvalue weighted by Crippen LogP contribution is -2.52. The first kappa shape index (κ1) is 24.6. The Bertz CT molecular complexity index is 977. The molecule has 0 aliphatic carbocycles. The van der Waals surface area contributed by atoms with E-state index in [0.717, 1.165) is 23.9 Å². The Morgan fingerprint density at radius 1 is 1.09 bits per heavy atom. The third kappa shape index (κ3) is 5.85. The summed E-state index contributed by atoms with van der Waals surface area (Å²) in [5, 5.41) is 22.1. The second-order valence-electron chi connectivity index (χ2n) is 6.75. The molecular weight excluding hydrogens is 476 g/mol. The molecule has 0 saturated carbocycles. The molecule has 1 fully saturated rings. The van der Waals surface area contributed by atoms with Crippen LogP contribution < -0.4 is 11.1 Å². The molecule has 0 aromatic heterocycles. The topological polar surface area (TPSA) is 97.0 Å². The summed E-state index contributed by atoms with van der Waals surface area (Å²) in [7, 11) is 0. The van der Waals surface area contributed by atoms with Crippen molar-refractivity contribution in [2.75, 3.05) is 13.2 Å². The highest BCUT2D eigenvalue weighted by Gasteiger charge is 2.38. The maximum Gasteiger partial charge on any atom is 0.194 e. The van der Waals surface area contributed by atoms with Crippen LogP contribution in [-0.2, 0) is 9.47 Å². The van der Waals surface area contributed by atoms with Crippen molar-refractivity contribution in [3.8, 4) is 0 Å². The molecule has 1 saturated heterocycles. The van der Waals surface area contributed by atoms with E-state index in [4.69, 9.17) is 26.8 Å². The molecule has 1 aliphatic rings. The van der Waals surface area contributed by atoms with Gasteiger partial charge in [-0.1, -0.05) is 23.4 Å². The molecule has 0 bridgehead atoms. The highest BCUT2D eigenvalue weighted by Crippen LogP contribution is 2.34. The highest BCUT2D eigenvalue weighted by molar-refractivity contribution is 7.99. The van der Waals surface area contributed by atoms with E-state index in [0.29, 0.717) is 4.90 Å². The van der Waals surface area contributed by atoms with Crippen molar-refractivity contribution in [3.63, 3.8) is 0 Å². The van der Waals surface area contributed by atoms with E-state index >= 15 is 0 Å². The number of thioether (sulfide) groups is 1. The molecule has 3 rings (SSSR count). The van der Waals surface area contributed by atoms with Gasteiger partial charge < -0.3 is 30.7 Å². The summed E-state index contributed by atoms with van der Waals surface area (Å²) < 4.78 is 64.5. The number of hydrogen-bond acceptors (Lipinski definition) is 7. The zero-order valence-electron chi connectivity index (χ0n) is 16.3. The Morgan fingerprint density at radius 2 is 1.78 bits per heavy atom. The van der Waals surface area contributed by atoms with Crippen molar-refractivity contribution in [1.82, 2.24) is 5.32 Å². The maximum atomic E-state index is 13.4. The lowest BCUT2D eigenvalue weighted by molar-refractivity contribution is -0.270. The Kier molecular flexibility index (Phi) is 8.26. The summed E-state index contributed by atoms with van der Waals surface area (Å²) in [4.78, 5) is 0.551. The van der Waals surface area contributed by atoms with E-state index in [-0.39, 0.29) is 22.8 Å². The molecule has 4 unspecified atom stereocenters. The van der Waals surface area contributed by atoms with Crippen LogP contribution in [0.4, 0.5) is 17.6 Å². The number of halogens is 5. The maximum absolute atomic E-state index is 13.4. The number of nitrogens with two attached hydrogens (primary N) is 1. The number of rotatable bonds is 7. The van der Waals surface area contributed by atoms with Crippen molar-refractivity contribution in [2.45, 2.75) is 28.8 Å². The number of hydrogen-bond donors (Lipinski definition) is 4. The van der Waals surface area contributed by atoms with Gasteiger partial charge in [0.25, 0.3) is 0 Å². The molecule has 32 heavy (non-hydrogen) atoms. The first-order valence-electron chi connectivity index (χ1n) is 9.25. The summed E-state index contributed by atoms with van der Waals surface area (Å²) in [5.74, 6) is -4.95. The van der Waals surface area contributed by atoms with Gasteiger partial charge in [-0.2, -0.15) is 0 Å². The molecule has 2 aromatic rings. The molecule has 5 N–H and O–H groups in total. The molecule has 0 amide bonds. The minimum atomic E-state index is -1.60. The third-order valence-corrected chi connectivity index (χ3v) is 5.92. The lowest BCUT2D eigenvalue weighted by Gasteiger charge is -2.38. The Hall–Kier alpha value is -2.02. The first-order chi connectivity index (χ1) is 15.2. The number of aliphatic hydroxyl groups is 2. The predicted octanol–water partition coefficient (Wildman–Crippen LogP) is 2.96. The van der Waals surface area contributed by atoms with Gasteiger partial charge in [0.15, 0.2) is 23.7 Å². The van der Waals surface area contributed by atoms with E-state index in [9.17, 15) is 27.8 Å². The van der Waals surface area contributed by atoms with Crippen molar-refractivity contribution in [2.24, 2.45) is 5.73 Å². The molecule has 0 radical (unpaired) electrons. The van der Waals surface area contributed by atoms with Crippen LogP contribution in [0.5, 0.6) is 0 Å². The average molecular weight is 495 g/mol. The van der Waals surface area contributed by atoms with E-state index < -0.39 is 53.8 Å². The van der Waals surface area contributed by atoms with Gasteiger partial charge in [0.05, 0.1) is 17.3 Å². The molecular formula is C20H19ClF4N2O4S. The standard InChI is InChI=1S/C20H19ClF4N2O4S/c21-11-5-10(1-2-12(11)22)32-20-16(30-19(29)17(8-28)31-20)7-27-6-15(26)9-3-13(23)18(25)14(24)4-9/h1-6,16-17,19-20,27-29H,7-8,26H2/b15-6-. The van der Waals surface area contributed by atoms with Crippen molar-refractivity contribution >= 4 is 29.1 Å². The second-order valence-corrected chi connectivity index (χ2v) is 8.33. The van der Waals surface area contributed by atoms with Crippen LogP contribution in [0.15, 0.2) is 41.4 Å². The second kappa shape index (κ2) is 10.7. The van der Waals surface area contributed by atoms with E-state index in [1.807, 2.05) is 0 Å². The molecule has 1 heterocycles. The first-order valence-corrected chi connectivity index (χ1v) is 10.5. The van der Waals surface area contributed by atoms with Crippen LogP contribution in [0.3, 0.4) is 0 Å². The highest BCUT2D eigenvalue weighted by atomic mass is 35.5. The lowest BCUT2D eigenvalue weighted by atomic mass is 10.1. The average Bonchev–Trinajstić information content (AvgIpc) is 2.75. The summed E-state index contributed by atoms with van der Waals surface area (Å²) >= 11 is 6.93. The fourth-order valence-electron chi connectivity index (χ4n) is 2.81. The Labute approximate surface area is 190 Å². The molecule has 6 nitrogen and oxygen atoms in total. The fourth-order valence-corrected chi connectivity index (χ4v) is 4.17. The minimum Gasteiger partial charge on any atom is -0.397 e. The smallest absolute Gasteiger partial charge is 0.194 e. The van der Waals surface area contributed by atoms with Gasteiger partial charge in [0.2, 0.25) is 0 Å². The zero-order chi connectivity index (χ0) is 23.4. The molecule has 1 aliphatic heterocycles. The van der Waals surface area contributed by atoms with Gasteiger partial charge >= 0.3 is 0 Å². The SMILES string of the molecule is N/C(=C\NCC1OC(O)C(CO)OC1Sc1ccc(F)c(Cl)c1)c1cc(F)c(F)c(F)c1. The van der Waals surface area contributed by atoms with Crippen LogP contribution in [0.25, 0.3) is 5.70 Å². The summed E-state index contributed by atoms with van der Waals surface area (Å²) in [5.41, 5.74) is 4.88. The number of ether oxygens (including phenoxy) is 2. The normalized spacial score (nSPS) is 23.9. The number of benzene rings is 2. The largest absolute Gasteiger partial charge is 0.397 e. The fraction of sp³-hybridized carbons (Fsp3) is 0.300. The van der Waals surface area contributed by atoms with Crippen LogP contribution in [0.1, 0.15) is 5.56 Å². The number of nitrogens with one attached hydrogen (secondary N) is 1. The van der Waals surface area contributed by atoms with E-state index in [1.54, 1.807) is 0 Å². The molecule has 2 aromatic carbocycles. The van der Waals surface area contributed by atoms with E-state index in [1.165, 1.54) is 24.4 Å². The van der Waals surface area contributed by atoms with Gasteiger partial charge in [-0.25, -0.2) is 17.6 Å². The van der Waals surface area contributed by atoms with Gasteiger partial charge in [-0.15, -0.1) is 0 Å². The van der Waals surface area contributed by atoms with Crippen LogP contribution >= 0.6 is 23.4 Å². The monoisotopic (exact) mass is 494 g/mol. The van der Waals surface area contributed by atoms with Crippen LogP contribution in [0.2, 0.25) is 5.02 Å². The minimum absolute atomic E-state index is 0.0225. The van der Waals surface area contributed by atoms with Crippen LogP contribution in [0, 0.1) is 23.3 Å². The van der Waals surface area contributed by atoms with Gasteiger partial charge in [-0.3, -0.25) is 0 Å². The third-order valence-electron chi connectivity index (χ3n) is 4.46.